The fourth-order valence-electron chi connectivity index (χ4n) is 2.22. The van der Waals surface area contributed by atoms with Crippen LogP contribution in [0.1, 0.15) is 31.7 Å². The lowest BCUT2D eigenvalue weighted by Gasteiger charge is -2.18. The van der Waals surface area contributed by atoms with E-state index < -0.39 is 0 Å². The van der Waals surface area contributed by atoms with Gasteiger partial charge < -0.3 is 9.84 Å². The Morgan fingerprint density at radius 3 is 2.38 bits per heavy atom. The van der Waals surface area contributed by atoms with Gasteiger partial charge in [-0.05, 0) is 55.7 Å². The second-order valence-corrected chi connectivity index (χ2v) is 4.89. The van der Waals surface area contributed by atoms with Crippen molar-refractivity contribution in [2.45, 2.75) is 38.7 Å². The number of methoxy groups -OCH3 is 1. The number of aliphatic hydroxyl groups is 1. The first kappa shape index (κ1) is 11.5. The first-order valence-electron chi connectivity index (χ1n) is 5.97. The molecule has 1 aromatic carbocycles. The quantitative estimate of drug-likeness (QED) is 0.826. The minimum atomic E-state index is -0.161. The van der Waals surface area contributed by atoms with Gasteiger partial charge in [-0.1, -0.05) is 12.1 Å². The van der Waals surface area contributed by atoms with Gasteiger partial charge in [0.05, 0.1) is 13.2 Å². The number of ether oxygens (including phenoxy) is 1. The Kier molecular flexibility index (Phi) is 3.20. The minimum absolute atomic E-state index is 0.161. The van der Waals surface area contributed by atoms with Gasteiger partial charge in [0, 0.05) is 0 Å². The van der Waals surface area contributed by atoms with E-state index in [-0.39, 0.29) is 11.5 Å². The van der Waals surface area contributed by atoms with Crippen molar-refractivity contribution in [2.24, 2.45) is 5.41 Å². The highest BCUT2D eigenvalue weighted by Gasteiger charge is 2.45. The molecule has 0 aliphatic heterocycles. The molecule has 1 N–H and O–H groups in total. The summed E-state index contributed by atoms with van der Waals surface area (Å²) in [6.07, 6.45) is 4.35. The van der Waals surface area contributed by atoms with Gasteiger partial charge in [0.2, 0.25) is 0 Å². The summed E-state index contributed by atoms with van der Waals surface area (Å²) in [6.45, 7) is 1.92. The van der Waals surface area contributed by atoms with Crippen molar-refractivity contribution >= 4 is 0 Å². The van der Waals surface area contributed by atoms with Crippen LogP contribution in [0.3, 0.4) is 0 Å². The van der Waals surface area contributed by atoms with Crippen molar-refractivity contribution in [1.29, 1.82) is 0 Å². The second kappa shape index (κ2) is 4.46. The number of benzene rings is 1. The van der Waals surface area contributed by atoms with Gasteiger partial charge in [-0.15, -0.1) is 0 Å². The summed E-state index contributed by atoms with van der Waals surface area (Å²) in [7, 11) is 1.68. The van der Waals surface area contributed by atoms with Crippen LogP contribution in [0.5, 0.6) is 5.75 Å². The average molecular weight is 220 g/mol. The van der Waals surface area contributed by atoms with Crippen LogP contribution in [0.25, 0.3) is 0 Å². The molecule has 1 fully saturated rings. The van der Waals surface area contributed by atoms with Crippen molar-refractivity contribution in [3.8, 4) is 5.75 Å². The fourth-order valence-corrected chi connectivity index (χ4v) is 2.22. The first-order valence-corrected chi connectivity index (χ1v) is 5.97. The lowest BCUT2D eigenvalue weighted by atomic mass is 9.92. The Morgan fingerprint density at radius 2 is 1.94 bits per heavy atom. The summed E-state index contributed by atoms with van der Waals surface area (Å²) in [5.74, 6) is 0.903. The average Bonchev–Trinajstić information content (AvgIpc) is 3.08. The molecule has 2 nitrogen and oxygen atoms in total. The zero-order chi connectivity index (χ0) is 11.6. The molecule has 1 aromatic rings. The molecule has 0 aromatic heterocycles. The number of hydrogen-bond donors (Lipinski definition) is 1. The van der Waals surface area contributed by atoms with E-state index in [9.17, 15) is 5.11 Å². The van der Waals surface area contributed by atoms with Crippen LogP contribution >= 0.6 is 0 Å². The van der Waals surface area contributed by atoms with Gasteiger partial charge in [0.1, 0.15) is 5.75 Å². The molecule has 16 heavy (non-hydrogen) atoms. The van der Waals surface area contributed by atoms with Gasteiger partial charge in [0.15, 0.2) is 0 Å². The molecule has 0 bridgehead atoms. The maximum Gasteiger partial charge on any atom is 0.118 e. The highest BCUT2D eigenvalue weighted by Crippen LogP contribution is 2.52. The van der Waals surface area contributed by atoms with Crippen molar-refractivity contribution in [3.63, 3.8) is 0 Å². The van der Waals surface area contributed by atoms with Gasteiger partial charge in [-0.25, -0.2) is 0 Å². The topological polar surface area (TPSA) is 29.5 Å². The zero-order valence-electron chi connectivity index (χ0n) is 10.1. The van der Waals surface area contributed by atoms with Crippen LogP contribution in [-0.4, -0.2) is 18.3 Å². The maximum absolute atomic E-state index is 9.68. The summed E-state index contributed by atoms with van der Waals surface area (Å²) in [6, 6.07) is 8.21. The molecule has 0 radical (unpaired) electrons. The molecule has 0 spiro atoms. The maximum atomic E-state index is 9.68. The third-order valence-corrected chi connectivity index (χ3v) is 3.85. The van der Waals surface area contributed by atoms with Crippen molar-refractivity contribution in [1.82, 2.24) is 0 Å². The predicted molar refractivity (Wildman–Crippen MR) is 64.7 cm³/mol. The zero-order valence-corrected chi connectivity index (χ0v) is 10.1. The third kappa shape index (κ3) is 2.38. The summed E-state index contributed by atoms with van der Waals surface area (Å²) in [5, 5.41) is 9.68. The van der Waals surface area contributed by atoms with Crippen LogP contribution in [0.15, 0.2) is 24.3 Å². The number of rotatable bonds is 5. The van der Waals surface area contributed by atoms with Crippen LogP contribution in [0.2, 0.25) is 0 Å². The Bertz CT molecular complexity index is 336. The molecule has 1 saturated carbocycles. The standard InChI is InChI=1S/C14H20O2/c1-11(15)14(9-10-14)8-7-12-3-5-13(16-2)6-4-12/h3-6,11,15H,7-10H2,1-2H3. The fraction of sp³-hybridized carbons (Fsp3) is 0.571. The minimum Gasteiger partial charge on any atom is -0.497 e. The number of aliphatic hydroxyl groups excluding tert-OH is 1. The van der Waals surface area contributed by atoms with E-state index in [0.717, 1.165) is 18.6 Å². The van der Waals surface area contributed by atoms with Crippen LogP contribution in [0, 0.1) is 5.41 Å². The molecular weight excluding hydrogens is 200 g/mol. The first-order chi connectivity index (χ1) is 7.66. The summed E-state index contributed by atoms with van der Waals surface area (Å²) < 4.78 is 5.13. The Labute approximate surface area is 97.3 Å². The summed E-state index contributed by atoms with van der Waals surface area (Å²) >= 11 is 0. The van der Waals surface area contributed by atoms with Crippen molar-refractivity contribution in [2.75, 3.05) is 7.11 Å². The molecule has 88 valence electrons. The largest absolute Gasteiger partial charge is 0.497 e. The molecule has 1 aliphatic carbocycles. The summed E-state index contributed by atoms with van der Waals surface area (Å²) in [4.78, 5) is 0. The van der Waals surface area contributed by atoms with Gasteiger partial charge in [-0.3, -0.25) is 0 Å². The Morgan fingerprint density at radius 1 is 1.31 bits per heavy atom. The smallest absolute Gasteiger partial charge is 0.118 e. The van der Waals surface area contributed by atoms with E-state index >= 15 is 0 Å². The normalized spacial score (nSPS) is 19.2. The van der Waals surface area contributed by atoms with Gasteiger partial charge in [0.25, 0.3) is 0 Å². The molecule has 0 saturated heterocycles. The second-order valence-electron chi connectivity index (χ2n) is 4.89. The molecular formula is C14H20O2. The third-order valence-electron chi connectivity index (χ3n) is 3.85. The van der Waals surface area contributed by atoms with E-state index in [0.29, 0.717) is 0 Å². The lowest BCUT2D eigenvalue weighted by molar-refractivity contribution is 0.105. The van der Waals surface area contributed by atoms with Crippen molar-refractivity contribution < 1.29 is 9.84 Å². The number of aryl methyl sites for hydroxylation is 1. The highest BCUT2D eigenvalue weighted by atomic mass is 16.5. The molecule has 1 atom stereocenters. The van der Waals surface area contributed by atoms with E-state index in [1.165, 1.54) is 18.4 Å². The van der Waals surface area contributed by atoms with E-state index in [4.69, 9.17) is 4.74 Å². The van der Waals surface area contributed by atoms with E-state index in [2.05, 4.69) is 12.1 Å². The summed E-state index contributed by atoms with van der Waals surface area (Å²) in [5.41, 5.74) is 1.55. The lowest BCUT2D eigenvalue weighted by Crippen LogP contribution is -2.18. The SMILES string of the molecule is COc1ccc(CCC2(C(C)O)CC2)cc1. The van der Waals surface area contributed by atoms with Crippen LogP contribution < -0.4 is 4.74 Å². The highest BCUT2D eigenvalue weighted by molar-refractivity contribution is 5.27. The Hall–Kier alpha value is -1.02. The van der Waals surface area contributed by atoms with E-state index in [1.54, 1.807) is 7.11 Å². The van der Waals surface area contributed by atoms with Crippen LogP contribution in [-0.2, 0) is 6.42 Å². The number of hydrogen-bond acceptors (Lipinski definition) is 2. The Balaban J connectivity index is 1.90. The van der Waals surface area contributed by atoms with Gasteiger partial charge >= 0.3 is 0 Å². The molecule has 1 aliphatic rings. The molecule has 2 rings (SSSR count). The molecule has 1 unspecified atom stereocenters. The van der Waals surface area contributed by atoms with Crippen LogP contribution in [0.4, 0.5) is 0 Å². The molecule has 0 heterocycles. The predicted octanol–water partition coefficient (Wildman–Crippen LogP) is 2.79. The van der Waals surface area contributed by atoms with E-state index in [1.807, 2.05) is 19.1 Å². The monoisotopic (exact) mass is 220 g/mol. The van der Waals surface area contributed by atoms with Crippen molar-refractivity contribution in [3.05, 3.63) is 29.8 Å². The molecule has 0 amide bonds. The molecule has 2 heteroatoms. The van der Waals surface area contributed by atoms with Gasteiger partial charge in [-0.2, -0.15) is 0 Å².